The van der Waals surface area contributed by atoms with Gasteiger partial charge >= 0.3 is 0 Å². The maximum absolute atomic E-state index is 12.2. The number of aliphatic hydroxyl groups is 2. The molecule has 5 aromatic rings. The van der Waals surface area contributed by atoms with E-state index in [0.29, 0.717) is 44.8 Å². The number of anilines is 2. The lowest BCUT2D eigenvalue weighted by Gasteiger charge is -2.19. The van der Waals surface area contributed by atoms with Gasteiger partial charge in [-0.3, -0.25) is 20.4 Å². The summed E-state index contributed by atoms with van der Waals surface area (Å²) in [7, 11) is 0. The van der Waals surface area contributed by atoms with Gasteiger partial charge in [-0.2, -0.15) is 0 Å². The first kappa shape index (κ1) is 42.7. The molecule has 290 valence electrons. The van der Waals surface area contributed by atoms with Crippen LogP contribution in [0.5, 0.6) is 0 Å². The van der Waals surface area contributed by atoms with Gasteiger partial charge in [-0.1, -0.05) is 71.7 Å². The van der Waals surface area contributed by atoms with Gasteiger partial charge in [0.15, 0.2) is 0 Å². The Kier molecular flexibility index (Phi) is 16.6. The highest BCUT2D eigenvalue weighted by Gasteiger charge is 2.22. The summed E-state index contributed by atoms with van der Waals surface area (Å²) in [4.78, 5) is 30.8. The Morgan fingerprint density at radius 3 is 1.82 bits per heavy atom. The molecule has 1 fully saturated rings. The summed E-state index contributed by atoms with van der Waals surface area (Å²) in [6, 6.07) is 22.7. The van der Waals surface area contributed by atoms with Gasteiger partial charge in [-0.15, -0.1) is 10.2 Å². The third kappa shape index (κ3) is 11.7. The van der Waals surface area contributed by atoms with E-state index >= 15 is 0 Å². The number of nitrogens with one attached hydrogen (secondary N) is 4. The molecular weight excluding hydrogens is 759 g/mol. The molecule has 6 rings (SSSR count). The highest BCUT2D eigenvalue weighted by molar-refractivity contribution is 6.34. The van der Waals surface area contributed by atoms with E-state index in [1.165, 1.54) is 18.9 Å². The summed E-state index contributed by atoms with van der Waals surface area (Å²) in [5, 5.41) is 33.9. The van der Waals surface area contributed by atoms with Crippen molar-refractivity contribution in [3.05, 3.63) is 140 Å². The van der Waals surface area contributed by atoms with Gasteiger partial charge in [-0.05, 0) is 74.2 Å². The SMILES string of the molecule is C1CCOC1.[C-]#[N+]c1ccc(N[C@H](CO)C(=O)NNC(=O)c2ccccc2)c(C)c1Cl.[C-]#[N+]c1ccc(N[C@H](CO)c2nnc(-c3ccccc3)o2)c(C)c1Cl. The number of amides is 2. The van der Waals surface area contributed by atoms with E-state index in [9.17, 15) is 19.8 Å². The van der Waals surface area contributed by atoms with Crippen LogP contribution < -0.4 is 21.5 Å². The van der Waals surface area contributed by atoms with Crippen LogP contribution in [-0.4, -0.2) is 64.7 Å². The predicted octanol–water partition coefficient (Wildman–Crippen LogP) is 7.62. The average Bonchev–Trinajstić information content (AvgIpc) is 3.99. The highest BCUT2D eigenvalue weighted by Crippen LogP contribution is 2.35. The first-order valence-electron chi connectivity index (χ1n) is 17.3. The van der Waals surface area contributed by atoms with Crippen LogP contribution >= 0.6 is 23.2 Å². The van der Waals surface area contributed by atoms with Crippen molar-refractivity contribution >= 4 is 57.8 Å². The topological polar surface area (TPSA) is 180 Å². The van der Waals surface area contributed by atoms with Crippen molar-refractivity contribution in [2.45, 2.75) is 38.8 Å². The van der Waals surface area contributed by atoms with E-state index in [-0.39, 0.29) is 17.5 Å². The number of halogens is 2. The molecule has 1 aliphatic heterocycles. The van der Waals surface area contributed by atoms with E-state index < -0.39 is 30.5 Å². The maximum Gasteiger partial charge on any atom is 0.269 e. The van der Waals surface area contributed by atoms with Crippen LogP contribution in [-0.2, 0) is 9.53 Å². The fraction of sp³-hybridized carbons (Fsp3) is 0.250. The molecule has 0 bridgehead atoms. The number of benzene rings is 4. The zero-order chi connectivity index (χ0) is 40.5. The van der Waals surface area contributed by atoms with Crippen molar-refractivity contribution in [1.29, 1.82) is 0 Å². The number of hydrazine groups is 1. The van der Waals surface area contributed by atoms with Crippen LogP contribution in [0.1, 0.15) is 46.3 Å². The Morgan fingerprint density at radius 1 is 0.768 bits per heavy atom. The van der Waals surface area contributed by atoms with Crippen molar-refractivity contribution < 1.29 is 29.0 Å². The normalized spacial score (nSPS) is 12.6. The van der Waals surface area contributed by atoms with Crippen LogP contribution in [0.25, 0.3) is 21.1 Å². The molecule has 6 N–H and O–H groups in total. The number of rotatable bonds is 10. The number of aliphatic hydroxyl groups excluding tert-OH is 2. The lowest BCUT2D eigenvalue weighted by atomic mass is 10.1. The minimum absolute atomic E-state index is 0.238. The fourth-order valence-corrected chi connectivity index (χ4v) is 5.45. The largest absolute Gasteiger partial charge is 0.418 e. The molecule has 2 atom stereocenters. The second kappa shape index (κ2) is 21.8. The molecule has 0 radical (unpaired) electrons. The first-order chi connectivity index (χ1) is 27.1. The van der Waals surface area contributed by atoms with Crippen molar-refractivity contribution in [3.63, 3.8) is 0 Å². The third-order valence-electron chi connectivity index (χ3n) is 8.24. The number of nitrogens with zero attached hydrogens (tertiary/aromatic N) is 4. The van der Waals surface area contributed by atoms with Gasteiger partial charge in [-0.25, -0.2) is 9.69 Å². The van der Waals surface area contributed by atoms with Crippen molar-refractivity contribution in [3.8, 4) is 11.5 Å². The van der Waals surface area contributed by atoms with Crippen molar-refractivity contribution in [2.75, 3.05) is 37.1 Å². The molecular formula is C40H40Cl2N8O6. The minimum Gasteiger partial charge on any atom is -0.418 e. The molecule has 0 saturated carbocycles. The second-order valence-electron chi connectivity index (χ2n) is 12.1. The number of hydrogen-bond donors (Lipinski definition) is 6. The van der Waals surface area contributed by atoms with Crippen LogP contribution in [0.2, 0.25) is 10.0 Å². The molecule has 0 aliphatic carbocycles. The summed E-state index contributed by atoms with van der Waals surface area (Å²) < 4.78 is 10.6. The Bertz CT molecular complexity index is 2140. The summed E-state index contributed by atoms with van der Waals surface area (Å²) in [6.45, 7) is 18.9. The Morgan fingerprint density at radius 2 is 1.32 bits per heavy atom. The number of aromatic nitrogens is 2. The lowest BCUT2D eigenvalue weighted by Crippen LogP contribution is -2.50. The summed E-state index contributed by atoms with van der Waals surface area (Å²) in [5.41, 5.74) is 8.93. The third-order valence-corrected chi connectivity index (χ3v) is 9.19. The second-order valence-corrected chi connectivity index (χ2v) is 12.8. The summed E-state index contributed by atoms with van der Waals surface area (Å²) in [5.74, 6) is -0.446. The van der Waals surface area contributed by atoms with E-state index in [1.54, 1.807) is 62.4 Å². The van der Waals surface area contributed by atoms with E-state index in [1.807, 2.05) is 30.3 Å². The molecule has 2 amide bonds. The van der Waals surface area contributed by atoms with Crippen LogP contribution in [0.4, 0.5) is 22.7 Å². The molecule has 0 unspecified atom stereocenters. The lowest BCUT2D eigenvalue weighted by molar-refractivity contribution is -0.123. The van der Waals surface area contributed by atoms with Gasteiger partial charge in [0, 0.05) is 35.7 Å². The van der Waals surface area contributed by atoms with Crippen LogP contribution in [0.3, 0.4) is 0 Å². The zero-order valence-electron chi connectivity index (χ0n) is 30.6. The zero-order valence-corrected chi connectivity index (χ0v) is 32.1. The number of carbonyl (C=O) groups excluding carboxylic acids is 2. The number of carbonyl (C=O) groups is 2. The maximum atomic E-state index is 12.2. The van der Waals surface area contributed by atoms with Gasteiger partial charge in [0.2, 0.25) is 23.2 Å². The van der Waals surface area contributed by atoms with Gasteiger partial charge in [0.05, 0.1) is 36.4 Å². The molecule has 16 heteroatoms. The van der Waals surface area contributed by atoms with Gasteiger partial charge in [0.1, 0.15) is 12.1 Å². The van der Waals surface area contributed by atoms with E-state index in [0.717, 1.165) is 24.3 Å². The van der Waals surface area contributed by atoms with Crippen molar-refractivity contribution in [2.24, 2.45) is 0 Å². The molecule has 1 aliphatic rings. The predicted molar refractivity (Wildman–Crippen MR) is 215 cm³/mol. The molecule has 0 spiro atoms. The number of ether oxygens (including phenoxy) is 1. The molecule has 1 saturated heterocycles. The molecule has 4 aromatic carbocycles. The molecule has 1 aromatic heterocycles. The molecule has 2 heterocycles. The standard InChI is InChI=1S/C18H17ClN4O3.C18H15ClN4O2.C4H8O/c1-11-13(8-9-14(20-2)16(11)19)21-15(10-24)18(26)23-22-17(25)12-6-4-3-5-7-12;1-11-13(8-9-14(20-2)16(11)19)21-15(10-24)18-23-22-17(25-18)12-6-4-3-5-7-12;1-2-4-5-3-1/h3-9,15,21,24H,10H2,1H3,(H,22,25)(H,23,26);3-9,15,21,24H,10H2,1H3;1-4H2/t2*15-;/m11./s1. The van der Waals surface area contributed by atoms with Crippen molar-refractivity contribution in [1.82, 2.24) is 21.0 Å². The Balaban J connectivity index is 0.000000221. The van der Waals surface area contributed by atoms with Gasteiger partial charge < -0.3 is 30.0 Å². The first-order valence-corrected chi connectivity index (χ1v) is 18.1. The monoisotopic (exact) mass is 798 g/mol. The molecule has 14 nitrogen and oxygen atoms in total. The van der Waals surface area contributed by atoms with E-state index in [4.69, 9.17) is 45.5 Å². The average molecular weight is 800 g/mol. The summed E-state index contributed by atoms with van der Waals surface area (Å²) in [6.07, 6.45) is 2.56. The van der Waals surface area contributed by atoms with Crippen LogP contribution in [0.15, 0.2) is 89.3 Å². The Labute approximate surface area is 334 Å². The summed E-state index contributed by atoms with van der Waals surface area (Å²) >= 11 is 12.3. The Hall–Kier alpha value is -6.00. The van der Waals surface area contributed by atoms with E-state index in [2.05, 4.69) is 41.4 Å². The highest BCUT2D eigenvalue weighted by atomic mass is 35.5. The molecule has 56 heavy (non-hydrogen) atoms. The smallest absolute Gasteiger partial charge is 0.269 e. The minimum atomic E-state index is -1.01. The van der Waals surface area contributed by atoms with Crippen LogP contribution in [0, 0.1) is 27.0 Å². The quantitative estimate of drug-likeness (QED) is 0.0608. The fourth-order valence-electron chi connectivity index (χ4n) is 5.03. The van der Waals surface area contributed by atoms with Gasteiger partial charge in [0.25, 0.3) is 11.8 Å². The number of hydrogen-bond acceptors (Lipinski definition) is 10.